The largest absolute Gasteiger partial charge is 0.271 e. The van der Waals surface area contributed by atoms with E-state index in [1.54, 1.807) is 0 Å². The minimum atomic E-state index is 0.0925. The Labute approximate surface area is 136 Å². The van der Waals surface area contributed by atoms with E-state index in [1.807, 2.05) is 18.2 Å². The summed E-state index contributed by atoms with van der Waals surface area (Å²) in [6.45, 7) is 2.15. The van der Waals surface area contributed by atoms with Crippen molar-refractivity contribution in [2.24, 2.45) is 5.84 Å². The molecule has 0 heterocycles. The molecular formula is C17H20Cl2N2. The second-order valence-corrected chi connectivity index (χ2v) is 5.96. The van der Waals surface area contributed by atoms with Crippen LogP contribution in [-0.4, -0.2) is 6.04 Å². The van der Waals surface area contributed by atoms with E-state index in [1.165, 1.54) is 11.1 Å². The molecule has 0 spiro atoms. The first-order chi connectivity index (χ1) is 10.1. The van der Waals surface area contributed by atoms with Crippen LogP contribution in [0.15, 0.2) is 42.5 Å². The van der Waals surface area contributed by atoms with Crippen LogP contribution >= 0.6 is 23.2 Å². The van der Waals surface area contributed by atoms with Crippen LogP contribution < -0.4 is 11.3 Å². The summed E-state index contributed by atoms with van der Waals surface area (Å²) in [5, 5.41) is 1.37. The number of rotatable bonds is 6. The molecule has 2 aromatic carbocycles. The Balaban J connectivity index is 2.09. The van der Waals surface area contributed by atoms with Gasteiger partial charge < -0.3 is 0 Å². The van der Waals surface area contributed by atoms with Gasteiger partial charge in [0.05, 0.1) is 0 Å². The van der Waals surface area contributed by atoms with Crippen molar-refractivity contribution in [1.82, 2.24) is 5.43 Å². The number of aryl methyl sites for hydroxylation is 1. The normalized spacial score (nSPS) is 12.4. The maximum absolute atomic E-state index is 6.22. The van der Waals surface area contributed by atoms with Gasteiger partial charge in [-0.25, -0.2) is 0 Å². The molecule has 0 saturated carbocycles. The summed E-state index contributed by atoms with van der Waals surface area (Å²) in [5.74, 6) is 5.69. The molecule has 3 N–H and O–H groups in total. The molecule has 0 fully saturated rings. The summed E-state index contributed by atoms with van der Waals surface area (Å²) in [4.78, 5) is 0. The summed E-state index contributed by atoms with van der Waals surface area (Å²) < 4.78 is 0. The number of hydrazine groups is 1. The van der Waals surface area contributed by atoms with E-state index in [4.69, 9.17) is 29.0 Å². The summed E-state index contributed by atoms with van der Waals surface area (Å²) in [5.41, 5.74) is 6.39. The maximum Gasteiger partial charge on any atom is 0.0453 e. The molecule has 21 heavy (non-hydrogen) atoms. The molecule has 0 radical (unpaired) electrons. The van der Waals surface area contributed by atoms with Gasteiger partial charge in [0, 0.05) is 16.1 Å². The van der Waals surface area contributed by atoms with Crippen molar-refractivity contribution >= 4 is 23.2 Å². The average molecular weight is 323 g/mol. The van der Waals surface area contributed by atoms with E-state index in [2.05, 4.69) is 36.6 Å². The third-order valence-electron chi connectivity index (χ3n) is 3.66. The second kappa shape index (κ2) is 7.81. The van der Waals surface area contributed by atoms with Gasteiger partial charge in [-0.15, -0.1) is 0 Å². The standard InChI is InChI=1S/C17H20Cl2N2/c1-2-12-6-8-13(9-7-12)10-14(21-20)11-15-16(18)4-3-5-17(15)19/h3-9,14,21H,2,10-11,20H2,1H3. The number of nitrogens with one attached hydrogen (secondary N) is 1. The van der Waals surface area contributed by atoms with Crippen LogP contribution in [0.4, 0.5) is 0 Å². The van der Waals surface area contributed by atoms with E-state index < -0.39 is 0 Å². The molecular weight excluding hydrogens is 303 g/mol. The highest BCUT2D eigenvalue weighted by Crippen LogP contribution is 2.26. The van der Waals surface area contributed by atoms with Gasteiger partial charge in [-0.2, -0.15) is 0 Å². The van der Waals surface area contributed by atoms with Gasteiger partial charge in [-0.05, 0) is 48.1 Å². The maximum atomic E-state index is 6.22. The van der Waals surface area contributed by atoms with Crippen molar-refractivity contribution in [3.63, 3.8) is 0 Å². The van der Waals surface area contributed by atoms with E-state index in [-0.39, 0.29) is 6.04 Å². The smallest absolute Gasteiger partial charge is 0.0453 e. The molecule has 0 aromatic heterocycles. The van der Waals surface area contributed by atoms with Crippen molar-refractivity contribution < 1.29 is 0 Å². The molecule has 1 atom stereocenters. The van der Waals surface area contributed by atoms with Crippen LogP contribution in [0, 0.1) is 0 Å². The Kier molecular flexibility index (Phi) is 6.07. The molecule has 2 rings (SSSR count). The van der Waals surface area contributed by atoms with Crippen molar-refractivity contribution in [1.29, 1.82) is 0 Å². The van der Waals surface area contributed by atoms with E-state index in [9.17, 15) is 0 Å². The van der Waals surface area contributed by atoms with Crippen molar-refractivity contribution in [2.75, 3.05) is 0 Å². The van der Waals surface area contributed by atoms with Gasteiger partial charge in [0.25, 0.3) is 0 Å². The number of nitrogens with two attached hydrogens (primary N) is 1. The summed E-state index contributed by atoms with van der Waals surface area (Å²) in [7, 11) is 0. The Hall–Kier alpha value is -1.06. The minimum Gasteiger partial charge on any atom is -0.271 e. The lowest BCUT2D eigenvalue weighted by atomic mass is 9.98. The fourth-order valence-electron chi connectivity index (χ4n) is 2.36. The molecule has 0 amide bonds. The quantitative estimate of drug-likeness (QED) is 0.618. The first kappa shape index (κ1) is 16.3. The molecule has 2 nitrogen and oxygen atoms in total. The number of halogens is 2. The first-order valence-electron chi connectivity index (χ1n) is 7.10. The molecule has 4 heteroatoms. The van der Waals surface area contributed by atoms with Crippen molar-refractivity contribution in [2.45, 2.75) is 32.2 Å². The Bertz CT molecular complexity index is 562. The highest BCUT2D eigenvalue weighted by atomic mass is 35.5. The Morgan fingerprint density at radius 1 is 0.952 bits per heavy atom. The highest BCUT2D eigenvalue weighted by molar-refractivity contribution is 6.36. The topological polar surface area (TPSA) is 38.0 Å². The van der Waals surface area contributed by atoms with Crippen LogP contribution in [0.25, 0.3) is 0 Å². The molecule has 2 aromatic rings. The van der Waals surface area contributed by atoms with E-state index >= 15 is 0 Å². The number of hydrogen-bond donors (Lipinski definition) is 2. The zero-order chi connectivity index (χ0) is 15.2. The lowest BCUT2D eigenvalue weighted by Gasteiger charge is -2.18. The highest BCUT2D eigenvalue weighted by Gasteiger charge is 2.13. The molecule has 0 aliphatic rings. The zero-order valence-electron chi connectivity index (χ0n) is 12.1. The first-order valence-corrected chi connectivity index (χ1v) is 7.86. The summed E-state index contributed by atoms with van der Waals surface area (Å²) in [6.07, 6.45) is 2.58. The van der Waals surface area contributed by atoms with Crippen LogP contribution in [0.2, 0.25) is 10.0 Å². The lowest BCUT2D eigenvalue weighted by Crippen LogP contribution is -2.38. The summed E-state index contributed by atoms with van der Waals surface area (Å²) >= 11 is 12.4. The minimum absolute atomic E-state index is 0.0925. The monoisotopic (exact) mass is 322 g/mol. The molecule has 0 bridgehead atoms. The molecule has 0 aliphatic heterocycles. The Morgan fingerprint density at radius 2 is 1.52 bits per heavy atom. The average Bonchev–Trinajstić information content (AvgIpc) is 2.50. The Morgan fingerprint density at radius 3 is 2.05 bits per heavy atom. The predicted octanol–water partition coefficient (Wildman–Crippen LogP) is 4.17. The van der Waals surface area contributed by atoms with Crippen LogP contribution in [0.3, 0.4) is 0 Å². The molecule has 0 saturated heterocycles. The number of hydrogen-bond acceptors (Lipinski definition) is 2. The molecule has 1 unspecified atom stereocenters. The lowest BCUT2D eigenvalue weighted by molar-refractivity contribution is 0.522. The van der Waals surface area contributed by atoms with Gasteiger partial charge in [0.1, 0.15) is 0 Å². The third kappa shape index (κ3) is 4.45. The predicted molar refractivity (Wildman–Crippen MR) is 90.8 cm³/mol. The van der Waals surface area contributed by atoms with Crippen LogP contribution in [-0.2, 0) is 19.3 Å². The molecule has 112 valence electrons. The van der Waals surface area contributed by atoms with Gasteiger partial charge in [-0.1, -0.05) is 60.5 Å². The second-order valence-electron chi connectivity index (χ2n) is 5.14. The number of benzene rings is 2. The van der Waals surface area contributed by atoms with Crippen molar-refractivity contribution in [3.8, 4) is 0 Å². The zero-order valence-corrected chi connectivity index (χ0v) is 13.6. The SMILES string of the molecule is CCc1ccc(CC(Cc2c(Cl)cccc2Cl)NN)cc1. The summed E-state index contributed by atoms with van der Waals surface area (Å²) in [6, 6.07) is 14.3. The van der Waals surface area contributed by atoms with Crippen molar-refractivity contribution in [3.05, 3.63) is 69.2 Å². The van der Waals surface area contributed by atoms with Gasteiger partial charge in [0.2, 0.25) is 0 Å². The van der Waals surface area contributed by atoms with Gasteiger partial charge >= 0.3 is 0 Å². The van der Waals surface area contributed by atoms with Crippen LogP contribution in [0.5, 0.6) is 0 Å². The fraction of sp³-hybridized carbons (Fsp3) is 0.294. The van der Waals surface area contributed by atoms with Crippen LogP contribution in [0.1, 0.15) is 23.6 Å². The van der Waals surface area contributed by atoms with Gasteiger partial charge in [-0.3, -0.25) is 11.3 Å². The fourth-order valence-corrected chi connectivity index (χ4v) is 2.91. The molecule has 0 aliphatic carbocycles. The third-order valence-corrected chi connectivity index (χ3v) is 4.37. The van der Waals surface area contributed by atoms with E-state index in [0.29, 0.717) is 16.5 Å². The van der Waals surface area contributed by atoms with E-state index in [0.717, 1.165) is 18.4 Å². The van der Waals surface area contributed by atoms with Gasteiger partial charge in [0.15, 0.2) is 0 Å².